The summed E-state index contributed by atoms with van der Waals surface area (Å²) in [5.41, 5.74) is 0.976. The van der Waals surface area contributed by atoms with Gasteiger partial charge in [0, 0.05) is 24.5 Å². The second-order valence-corrected chi connectivity index (χ2v) is 7.31. The Balaban J connectivity index is 2.79. The van der Waals surface area contributed by atoms with Gasteiger partial charge in [-0.05, 0) is 47.0 Å². The molecule has 5 nitrogen and oxygen atoms in total. The van der Waals surface area contributed by atoms with Crippen LogP contribution < -0.4 is 0 Å². The van der Waals surface area contributed by atoms with Crippen molar-refractivity contribution in [2.45, 2.75) is 24.7 Å². The molecule has 1 rings (SSSR count). The molecule has 0 radical (unpaired) electrons. The first-order valence-corrected chi connectivity index (χ1v) is 8.31. The fourth-order valence-electron chi connectivity index (χ4n) is 1.65. The van der Waals surface area contributed by atoms with E-state index in [1.165, 1.54) is 18.5 Å². The number of aryl methyl sites for hydroxylation is 1. The van der Waals surface area contributed by atoms with E-state index in [2.05, 4.69) is 20.7 Å². The number of carbonyl (C=O) groups excluding carboxylic acids is 1. The van der Waals surface area contributed by atoms with Crippen molar-refractivity contribution < 1.29 is 17.9 Å². The van der Waals surface area contributed by atoms with Gasteiger partial charge in [0.1, 0.15) is 0 Å². The summed E-state index contributed by atoms with van der Waals surface area (Å²) >= 11 is 3.27. The maximum Gasteiger partial charge on any atom is 0.305 e. The number of sulfonamides is 1. The van der Waals surface area contributed by atoms with E-state index in [4.69, 9.17) is 0 Å². The van der Waals surface area contributed by atoms with E-state index in [-0.39, 0.29) is 23.8 Å². The number of halogens is 1. The number of ether oxygens (including phenoxy) is 1. The second kappa shape index (κ2) is 7.19. The van der Waals surface area contributed by atoms with Crippen LogP contribution in [-0.2, 0) is 19.6 Å². The van der Waals surface area contributed by atoms with E-state index < -0.39 is 10.0 Å². The van der Waals surface area contributed by atoms with Gasteiger partial charge in [0.25, 0.3) is 0 Å². The smallest absolute Gasteiger partial charge is 0.305 e. The van der Waals surface area contributed by atoms with Crippen molar-refractivity contribution in [2.75, 3.05) is 20.7 Å². The molecule has 0 unspecified atom stereocenters. The highest BCUT2D eigenvalue weighted by Crippen LogP contribution is 2.25. The molecule has 0 aliphatic heterocycles. The summed E-state index contributed by atoms with van der Waals surface area (Å²) in [6.07, 6.45) is 0.622. The van der Waals surface area contributed by atoms with Crippen LogP contribution in [0.2, 0.25) is 0 Å². The maximum absolute atomic E-state index is 12.4. The van der Waals surface area contributed by atoms with Crippen LogP contribution in [0.25, 0.3) is 0 Å². The molecule has 1 aromatic carbocycles. The molecule has 7 heteroatoms. The third-order valence-electron chi connectivity index (χ3n) is 2.86. The highest BCUT2D eigenvalue weighted by Gasteiger charge is 2.23. The minimum atomic E-state index is -3.56. The lowest BCUT2D eigenvalue weighted by atomic mass is 10.2. The number of rotatable bonds is 6. The Morgan fingerprint density at radius 2 is 2.05 bits per heavy atom. The quantitative estimate of drug-likeness (QED) is 0.727. The average Bonchev–Trinajstić information content (AvgIpc) is 2.37. The number of methoxy groups -OCH3 is 1. The zero-order chi connectivity index (χ0) is 15.3. The Labute approximate surface area is 128 Å². The normalized spacial score (nSPS) is 11.7. The average molecular weight is 364 g/mol. The van der Waals surface area contributed by atoms with Crippen LogP contribution in [0, 0.1) is 6.92 Å². The van der Waals surface area contributed by atoms with Gasteiger partial charge < -0.3 is 4.74 Å². The van der Waals surface area contributed by atoms with Crippen molar-refractivity contribution >= 4 is 31.9 Å². The number of carbonyl (C=O) groups is 1. The molecule has 20 heavy (non-hydrogen) atoms. The highest BCUT2D eigenvalue weighted by atomic mass is 79.9. The van der Waals surface area contributed by atoms with E-state index in [1.807, 2.05) is 6.92 Å². The van der Waals surface area contributed by atoms with Gasteiger partial charge in [0.05, 0.1) is 12.0 Å². The molecule has 0 fully saturated rings. The second-order valence-electron chi connectivity index (χ2n) is 4.44. The summed E-state index contributed by atoms with van der Waals surface area (Å²) in [7, 11) is -0.746. The molecule has 1 aromatic rings. The molecular formula is C13H18BrNO4S. The molecule has 0 N–H and O–H groups in total. The summed E-state index contributed by atoms with van der Waals surface area (Å²) in [5.74, 6) is -0.340. The number of nitrogens with zero attached hydrogens (tertiary/aromatic N) is 1. The van der Waals surface area contributed by atoms with E-state index in [1.54, 1.807) is 18.2 Å². The van der Waals surface area contributed by atoms with Gasteiger partial charge in [-0.15, -0.1) is 0 Å². The van der Waals surface area contributed by atoms with Crippen LogP contribution in [0.5, 0.6) is 0 Å². The molecule has 0 aliphatic rings. The van der Waals surface area contributed by atoms with Crippen LogP contribution in [0.4, 0.5) is 0 Å². The molecule has 0 saturated carbocycles. The third-order valence-corrected chi connectivity index (χ3v) is 5.69. The molecular weight excluding hydrogens is 346 g/mol. The minimum Gasteiger partial charge on any atom is -0.469 e. The van der Waals surface area contributed by atoms with Gasteiger partial charge in [0.2, 0.25) is 10.0 Å². The fraction of sp³-hybridized carbons (Fsp3) is 0.462. The van der Waals surface area contributed by atoms with Crippen LogP contribution in [0.1, 0.15) is 18.4 Å². The van der Waals surface area contributed by atoms with Crippen molar-refractivity contribution in [3.63, 3.8) is 0 Å². The number of hydrogen-bond donors (Lipinski definition) is 0. The standard InChI is InChI=1S/C13H18BrNO4S/c1-10-6-7-12(11(14)9-10)20(17,18)15(2)8-4-5-13(16)19-3/h6-7,9H,4-5,8H2,1-3H3. The van der Waals surface area contributed by atoms with Crippen LogP contribution in [-0.4, -0.2) is 39.4 Å². The van der Waals surface area contributed by atoms with Crippen molar-refractivity contribution in [1.29, 1.82) is 0 Å². The fourth-order valence-corrected chi connectivity index (χ4v) is 4.01. The predicted octanol–water partition coefficient (Wildman–Crippen LogP) is 2.33. The molecule has 0 aromatic heterocycles. The lowest BCUT2D eigenvalue weighted by Gasteiger charge is -2.18. The molecule has 0 aliphatic carbocycles. The van der Waals surface area contributed by atoms with Crippen LogP contribution >= 0.6 is 15.9 Å². The van der Waals surface area contributed by atoms with Gasteiger partial charge in [-0.3, -0.25) is 4.79 Å². The maximum atomic E-state index is 12.4. The van der Waals surface area contributed by atoms with E-state index in [9.17, 15) is 13.2 Å². The van der Waals surface area contributed by atoms with Crippen molar-refractivity contribution in [3.8, 4) is 0 Å². The number of esters is 1. The van der Waals surface area contributed by atoms with Crippen molar-refractivity contribution in [2.24, 2.45) is 0 Å². The summed E-state index contributed by atoms with van der Waals surface area (Å²) in [6, 6.07) is 5.08. The van der Waals surface area contributed by atoms with Gasteiger partial charge >= 0.3 is 5.97 Å². The van der Waals surface area contributed by atoms with Gasteiger partial charge in [-0.25, -0.2) is 12.7 Å². The zero-order valence-corrected chi connectivity index (χ0v) is 14.1. The molecule has 0 bridgehead atoms. The number of benzene rings is 1. The molecule has 0 atom stereocenters. The van der Waals surface area contributed by atoms with Gasteiger partial charge in [-0.1, -0.05) is 6.07 Å². The minimum absolute atomic E-state index is 0.200. The Morgan fingerprint density at radius 1 is 1.40 bits per heavy atom. The van der Waals surface area contributed by atoms with Gasteiger partial charge in [-0.2, -0.15) is 0 Å². The monoisotopic (exact) mass is 363 g/mol. The Kier molecular flexibility index (Phi) is 6.16. The Hall–Kier alpha value is -0.920. The van der Waals surface area contributed by atoms with E-state index in [0.29, 0.717) is 10.9 Å². The first-order chi connectivity index (χ1) is 9.28. The van der Waals surface area contributed by atoms with Crippen LogP contribution in [0.3, 0.4) is 0 Å². The lowest BCUT2D eigenvalue weighted by Crippen LogP contribution is -2.28. The third kappa shape index (κ3) is 4.29. The topological polar surface area (TPSA) is 63.7 Å². The van der Waals surface area contributed by atoms with Crippen LogP contribution in [0.15, 0.2) is 27.6 Å². The van der Waals surface area contributed by atoms with E-state index in [0.717, 1.165) is 5.56 Å². The Morgan fingerprint density at radius 3 is 2.60 bits per heavy atom. The summed E-state index contributed by atoms with van der Waals surface area (Å²) < 4.78 is 31.1. The SMILES string of the molecule is COC(=O)CCCN(C)S(=O)(=O)c1ccc(C)cc1Br. The first-order valence-electron chi connectivity index (χ1n) is 6.08. The Bertz CT molecular complexity index is 586. The van der Waals surface area contributed by atoms with Gasteiger partial charge in [0.15, 0.2) is 0 Å². The largest absolute Gasteiger partial charge is 0.469 e. The molecule has 112 valence electrons. The highest BCUT2D eigenvalue weighted by molar-refractivity contribution is 9.10. The van der Waals surface area contributed by atoms with E-state index >= 15 is 0 Å². The predicted molar refractivity (Wildman–Crippen MR) is 79.9 cm³/mol. The van der Waals surface area contributed by atoms with Crippen molar-refractivity contribution in [3.05, 3.63) is 28.2 Å². The first kappa shape index (κ1) is 17.1. The van der Waals surface area contributed by atoms with Crippen molar-refractivity contribution in [1.82, 2.24) is 4.31 Å². The molecule has 0 amide bonds. The molecule has 0 saturated heterocycles. The summed E-state index contributed by atoms with van der Waals surface area (Å²) in [4.78, 5) is 11.2. The lowest BCUT2D eigenvalue weighted by molar-refractivity contribution is -0.140. The zero-order valence-electron chi connectivity index (χ0n) is 11.7. The summed E-state index contributed by atoms with van der Waals surface area (Å²) in [6.45, 7) is 2.15. The number of hydrogen-bond acceptors (Lipinski definition) is 4. The molecule has 0 spiro atoms. The summed E-state index contributed by atoms with van der Waals surface area (Å²) in [5, 5.41) is 0. The molecule has 0 heterocycles.